The lowest BCUT2D eigenvalue weighted by molar-refractivity contribution is -0.412. The third kappa shape index (κ3) is 3.61. The second-order valence-electron chi connectivity index (χ2n) is 1.98. The Morgan fingerprint density at radius 1 is 1.88 bits per heavy atom. The van der Waals surface area contributed by atoms with Crippen LogP contribution in [0.3, 0.4) is 0 Å². The zero-order valence-corrected chi connectivity index (χ0v) is 5.40. The molecular formula is C5H13N2O+. The summed E-state index contributed by atoms with van der Waals surface area (Å²) >= 11 is 0. The second-order valence-corrected chi connectivity index (χ2v) is 1.98. The van der Waals surface area contributed by atoms with Crippen molar-refractivity contribution in [2.45, 2.75) is 19.4 Å². The third-order valence-electron chi connectivity index (χ3n) is 0.813. The Kier molecular flexibility index (Phi) is 3.19. The first-order valence-corrected chi connectivity index (χ1v) is 2.70. The molecular weight excluding hydrogens is 104 g/mol. The molecule has 0 heterocycles. The van der Waals surface area contributed by atoms with Gasteiger partial charge >= 0.3 is 0 Å². The van der Waals surface area contributed by atoms with E-state index in [1.807, 2.05) is 6.92 Å². The molecule has 0 saturated carbocycles. The van der Waals surface area contributed by atoms with Gasteiger partial charge in [0.15, 0.2) is 0 Å². The first kappa shape index (κ1) is 7.43. The van der Waals surface area contributed by atoms with Crippen molar-refractivity contribution in [2.24, 2.45) is 0 Å². The van der Waals surface area contributed by atoms with Crippen LogP contribution in [0.5, 0.6) is 0 Å². The maximum atomic E-state index is 10.5. The highest BCUT2D eigenvalue weighted by Gasteiger charge is 2.02. The van der Waals surface area contributed by atoms with Gasteiger partial charge in [-0.05, 0) is 6.92 Å². The third-order valence-corrected chi connectivity index (χ3v) is 0.813. The molecule has 3 heteroatoms. The van der Waals surface area contributed by atoms with Crippen LogP contribution in [0, 0.1) is 0 Å². The molecule has 0 radical (unpaired) electrons. The topological polar surface area (TPSA) is 56.7 Å². The minimum absolute atomic E-state index is 0.0625. The van der Waals surface area contributed by atoms with E-state index in [4.69, 9.17) is 0 Å². The Morgan fingerprint density at radius 2 is 2.38 bits per heavy atom. The fourth-order valence-electron chi connectivity index (χ4n) is 0.419. The van der Waals surface area contributed by atoms with Gasteiger partial charge in [-0.15, -0.1) is 0 Å². The summed E-state index contributed by atoms with van der Waals surface area (Å²) in [5.74, 6) is 0.0625. The molecule has 1 amide bonds. The van der Waals surface area contributed by atoms with Crippen molar-refractivity contribution < 1.29 is 10.5 Å². The summed E-state index contributed by atoms with van der Waals surface area (Å²) in [5.41, 5.74) is 3.67. The highest BCUT2D eigenvalue weighted by molar-refractivity contribution is 5.75. The van der Waals surface area contributed by atoms with Crippen LogP contribution in [-0.2, 0) is 4.79 Å². The Labute approximate surface area is 49.3 Å². The van der Waals surface area contributed by atoms with Crippen LogP contribution in [0.15, 0.2) is 0 Å². The lowest BCUT2D eigenvalue weighted by Crippen LogP contribution is -2.60. The Balaban J connectivity index is 3.25. The van der Waals surface area contributed by atoms with Crippen LogP contribution in [0.2, 0.25) is 0 Å². The molecule has 0 aliphatic rings. The molecule has 0 aliphatic heterocycles. The molecule has 0 spiro atoms. The number of hydrogen-bond acceptors (Lipinski definition) is 1. The maximum Gasteiger partial charge on any atom is 0.225 e. The molecule has 0 bridgehead atoms. The van der Waals surface area contributed by atoms with E-state index in [9.17, 15) is 4.79 Å². The van der Waals surface area contributed by atoms with E-state index in [1.165, 1.54) is 0 Å². The van der Waals surface area contributed by atoms with Crippen LogP contribution in [-0.4, -0.2) is 19.0 Å². The van der Waals surface area contributed by atoms with Gasteiger partial charge in [0, 0.05) is 7.05 Å². The zero-order valence-electron chi connectivity index (χ0n) is 5.40. The number of nitrogens with one attached hydrogen (secondary N) is 1. The van der Waals surface area contributed by atoms with E-state index < -0.39 is 0 Å². The van der Waals surface area contributed by atoms with Gasteiger partial charge in [0.25, 0.3) is 0 Å². The van der Waals surface area contributed by atoms with Crippen LogP contribution < -0.4 is 11.1 Å². The van der Waals surface area contributed by atoms with Gasteiger partial charge in [-0.2, -0.15) is 0 Å². The standard InChI is InChI=1S/C5H12N2O/c1-4(6)3-5(8)7-2/h4H,3,6H2,1-2H3,(H,7,8)/p+1. The van der Waals surface area contributed by atoms with E-state index in [0.29, 0.717) is 6.42 Å². The van der Waals surface area contributed by atoms with Gasteiger partial charge in [0.1, 0.15) is 0 Å². The highest BCUT2D eigenvalue weighted by Crippen LogP contribution is 1.80. The molecule has 4 N–H and O–H groups in total. The zero-order chi connectivity index (χ0) is 6.57. The quantitative estimate of drug-likeness (QED) is 0.466. The van der Waals surface area contributed by atoms with E-state index in [2.05, 4.69) is 11.1 Å². The van der Waals surface area contributed by atoms with Gasteiger partial charge in [-0.25, -0.2) is 0 Å². The molecule has 3 nitrogen and oxygen atoms in total. The Morgan fingerprint density at radius 3 is 2.50 bits per heavy atom. The highest BCUT2D eigenvalue weighted by atomic mass is 16.1. The fourth-order valence-corrected chi connectivity index (χ4v) is 0.419. The predicted molar refractivity (Wildman–Crippen MR) is 31.0 cm³/mol. The molecule has 48 valence electrons. The summed E-state index contributed by atoms with van der Waals surface area (Å²) in [6.45, 7) is 1.91. The van der Waals surface area contributed by atoms with Gasteiger partial charge in [0.2, 0.25) is 5.91 Å². The van der Waals surface area contributed by atoms with Crippen LogP contribution in [0.25, 0.3) is 0 Å². The van der Waals surface area contributed by atoms with Crippen molar-refractivity contribution in [1.82, 2.24) is 5.32 Å². The van der Waals surface area contributed by atoms with E-state index >= 15 is 0 Å². The SMILES string of the molecule is CNC(=O)CC(C)[NH3+]. The van der Waals surface area contributed by atoms with Crippen LogP contribution >= 0.6 is 0 Å². The minimum Gasteiger partial charge on any atom is -0.359 e. The average molecular weight is 117 g/mol. The van der Waals surface area contributed by atoms with Gasteiger partial charge in [-0.3, -0.25) is 4.79 Å². The molecule has 8 heavy (non-hydrogen) atoms. The summed E-state index contributed by atoms with van der Waals surface area (Å²) in [6.07, 6.45) is 0.524. The number of quaternary nitrogens is 1. The van der Waals surface area contributed by atoms with Gasteiger partial charge in [-0.1, -0.05) is 0 Å². The summed E-state index contributed by atoms with van der Waals surface area (Å²) in [5, 5.41) is 2.52. The molecule has 0 fully saturated rings. The molecule has 0 aromatic heterocycles. The van der Waals surface area contributed by atoms with Crippen molar-refractivity contribution >= 4 is 5.91 Å². The number of rotatable bonds is 2. The molecule has 0 aromatic carbocycles. The Hall–Kier alpha value is -0.570. The van der Waals surface area contributed by atoms with E-state index in [1.54, 1.807) is 7.05 Å². The van der Waals surface area contributed by atoms with Crippen molar-refractivity contribution in [3.8, 4) is 0 Å². The molecule has 0 aromatic rings. The second kappa shape index (κ2) is 3.43. The lowest BCUT2D eigenvalue weighted by Gasteiger charge is -1.97. The summed E-state index contributed by atoms with van der Waals surface area (Å²) < 4.78 is 0. The van der Waals surface area contributed by atoms with Gasteiger partial charge < -0.3 is 11.1 Å². The first-order chi connectivity index (χ1) is 3.66. The maximum absolute atomic E-state index is 10.5. The van der Waals surface area contributed by atoms with Crippen LogP contribution in [0.1, 0.15) is 13.3 Å². The number of hydrogen-bond donors (Lipinski definition) is 2. The molecule has 0 rings (SSSR count). The molecule has 0 saturated heterocycles. The largest absolute Gasteiger partial charge is 0.359 e. The van der Waals surface area contributed by atoms with Gasteiger partial charge in [0.05, 0.1) is 12.5 Å². The van der Waals surface area contributed by atoms with Crippen molar-refractivity contribution in [3.05, 3.63) is 0 Å². The van der Waals surface area contributed by atoms with Crippen molar-refractivity contribution in [1.29, 1.82) is 0 Å². The molecule has 0 aliphatic carbocycles. The molecule has 1 atom stereocenters. The number of carbonyl (C=O) groups excluding carboxylic acids is 1. The minimum atomic E-state index is 0.0625. The van der Waals surface area contributed by atoms with E-state index in [-0.39, 0.29) is 11.9 Å². The number of carbonyl (C=O) groups is 1. The molecule has 1 unspecified atom stereocenters. The Bertz CT molecular complexity index is 80.5. The lowest BCUT2D eigenvalue weighted by atomic mass is 10.2. The first-order valence-electron chi connectivity index (χ1n) is 2.70. The van der Waals surface area contributed by atoms with Crippen LogP contribution in [0.4, 0.5) is 0 Å². The van der Waals surface area contributed by atoms with E-state index in [0.717, 1.165) is 0 Å². The average Bonchev–Trinajstić information content (AvgIpc) is 1.65. The predicted octanol–water partition coefficient (Wildman–Crippen LogP) is -1.25. The summed E-state index contributed by atoms with van der Waals surface area (Å²) in [6, 6.07) is 0.218. The summed E-state index contributed by atoms with van der Waals surface area (Å²) in [4.78, 5) is 10.5. The monoisotopic (exact) mass is 117 g/mol. The summed E-state index contributed by atoms with van der Waals surface area (Å²) in [7, 11) is 1.63. The van der Waals surface area contributed by atoms with Crippen molar-refractivity contribution in [3.63, 3.8) is 0 Å². The number of amides is 1. The normalized spacial score (nSPS) is 12.9. The smallest absolute Gasteiger partial charge is 0.225 e. The van der Waals surface area contributed by atoms with Crippen molar-refractivity contribution in [2.75, 3.05) is 7.05 Å². The fraction of sp³-hybridized carbons (Fsp3) is 0.800.